The Bertz CT molecular complexity index is 894. The number of alkyl halides is 3. The first-order valence-corrected chi connectivity index (χ1v) is 7.59. The molecular weight excluding hydrogens is 333 g/mol. The minimum absolute atomic E-state index is 0.356. The number of benzene rings is 1. The molecule has 6 nitrogen and oxygen atoms in total. The van der Waals surface area contributed by atoms with Crippen LogP contribution in [0.3, 0.4) is 0 Å². The van der Waals surface area contributed by atoms with Crippen LogP contribution in [0.2, 0.25) is 0 Å². The molecule has 25 heavy (non-hydrogen) atoms. The minimum Gasteiger partial charge on any atom is -0.361 e. The van der Waals surface area contributed by atoms with Crippen LogP contribution in [0.5, 0.6) is 0 Å². The number of hydrogen-bond donors (Lipinski definition) is 1. The first-order valence-electron chi connectivity index (χ1n) is 7.59. The van der Waals surface area contributed by atoms with Crippen molar-refractivity contribution in [3.8, 4) is 5.69 Å². The van der Waals surface area contributed by atoms with Crippen molar-refractivity contribution in [3.63, 3.8) is 0 Å². The third-order valence-corrected chi connectivity index (χ3v) is 3.92. The van der Waals surface area contributed by atoms with E-state index >= 15 is 0 Å². The van der Waals surface area contributed by atoms with E-state index in [1.54, 1.807) is 19.1 Å². The predicted octanol–water partition coefficient (Wildman–Crippen LogP) is 3.25. The molecule has 1 N–H and O–H groups in total. The molecule has 0 aliphatic heterocycles. The highest BCUT2D eigenvalue weighted by Gasteiger charge is 2.30. The molecule has 0 saturated carbocycles. The molecule has 0 amide bonds. The number of anilines is 1. The Kier molecular flexibility index (Phi) is 4.23. The van der Waals surface area contributed by atoms with Gasteiger partial charge in [-0.05, 0) is 32.0 Å². The standard InChI is InChI=1S/C16H17F3N6/c1-10-7-14(20-9-15-22-21-11(2)24(15)3)23-25(10)13-6-4-5-12(8-13)16(17,18)19/h4-8H,9H2,1-3H3,(H,20,23). The van der Waals surface area contributed by atoms with Gasteiger partial charge in [0.15, 0.2) is 5.82 Å². The molecule has 9 heteroatoms. The van der Waals surface area contributed by atoms with Crippen molar-refractivity contribution in [2.24, 2.45) is 7.05 Å². The highest BCUT2D eigenvalue weighted by atomic mass is 19.4. The van der Waals surface area contributed by atoms with Gasteiger partial charge in [-0.25, -0.2) is 4.68 Å². The summed E-state index contributed by atoms with van der Waals surface area (Å²) in [7, 11) is 1.86. The Hall–Kier alpha value is -2.84. The van der Waals surface area contributed by atoms with Gasteiger partial charge in [0, 0.05) is 18.8 Å². The van der Waals surface area contributed by atoms with Crippen molar-refractivity contribution in [3.05, 3.63) is 53.2 Å². The minimum atomic E-state index is -4.39. The summed E-state index contributed by atoms with van der Waals surface area (Å²) in [6.45, 7) is 4.05. The van der Waals surface area contributed by atoms with Crippen LogP contribution >= 0.6 is 0 Å². The van der Waals surface area contributed by atoms with Gasteiger partial charge >= 0.3 is 6.18 Å². The maximum Gasteiger partial charge on any atom is 0.416 e. The van der Waals surface area contributed by atoms with Crippen molar-refractivity contribution in [2.75, 3.05) is 5.32 Å². The van der Waals surface area contributed by atoms with E-state index in [4.69, 9.17) is 0 Å². The number of rotatable bonds is 4. The number of nitrogens with zero attached hydrogens (tertiary/aromatic N) is 5. The summed E-state index contributed by atoms with van der Waals surface area (Å²) in [5, 5.41) is 15.5. The van der Waals surface area contributed by atoms with Crippen molar-refractivity contribution in [2.45, 2.75) is 26.6 Å². The zero-order valence-corrected chi connectivity index (χ0v) is 14.0. The van der Waals surface area contributed by atoms with Crippen molar-refractivity contribution >= 4 is 5.82 Å². The fourth-order valence-electron chi connectivity index (χ4n) is 2.41. The molecule has 0 saturated heterocycles. The van der Waals surface area contributed by atoms with Gasteiger partial charge in [-0.2, -0.15) is 18.3 Å². The van der Waals surface area contributed by atoms with Gasteiger partial charge in [0.05, 0.1) is 17.8 Å². The van der Waals surface area contributed by atoms with E-state index in [0.717, 1.165) is 29.5 Å². The maximum atomic E-state index is 12.9. The van der Waals surface area contributed by atoms with Gasteiger partial charge in [0.25, 0.3) is 0 Å². The number of hydrogen-bond acceptors (Lipinski definition) is 4. The Balaban J connectivity index is 1.82. The average Bonchev–Trinajstić information content (AvgIpc) is 3.08. The van der Waals surface area contributed by atoms with E-state index in [0.29, 0.717) is 18.1 Å². The van der Waals surface area contributed by atoms with E-state index in [-0.39, 0.29) is 0 Å². The number of aromatic nitrogens is 5. The lowest BCUT2D eigenvalue weighted by atomic mass is 10.2. The Labute approximate surface area is 142 Å². The molecule has 0 aliphatic rings. The number of halogens is 3. The highest BCUT2D eigenvalue weighted by Crippen LogP contribution is 2.30. The molecule has 3 aromatic rings. The highest BCUT2D eigenvalue weighted by molar-refractivity contribution is 5.43. The fourth-order valence-corrected chi connectivity index (χ4v) is 2.41. The van der Waals surface area contributed by atoms with E-state index in [1.165, 1.54) is 10.7 Å². The molecule has 0 atom stereocenters. The van der Waals surface area contributed by atoms with Crippen LogP contribution in [-0.4, -0.2) is 24.5 Å². The second kappa shape index (κ2) is 6.23. The molecule has 0 aliphatic carbocycles. The molecule has 2 heterocycles. The summed E-state index contributed by atoms with van der Waals surface area (Å²) in [6, 6.07) is 6.84. The first kappa shape index (κ1) is 17.0. The predicted molar refractivity (Wildman–Crippen MR) is 86.4 cm³/mol. The lowest BCUT2D eigenvalue weighted by Gasteiger charge is -2.09. The molecule has 0 radical (unpaired) electrons. The maximum absolute atomic E-state index is 12.9. The molecule has 0 fully saturated rings. The van der Waals surface area contributed by atoms with Crippen LogP contribution in [0.15, 0.2) is 30.3 Å². The SMILES string of the molecule is Cc1cc(NCc2nnc(C)n2C)nn1-c1cccc(C(F)(F)F)c1. The number of aryl methyl sites for hydroxylation is 2. The average molecular weight is 350 g/mol. The van der Waals surface area contributed by atoms with Crippen LogP contribution in [0.25, 0.3) is 5.69 Å². The van der Waals surface area contributed by atoms with Crippen LogP contribution in [0.4, 0.5) is 19.0 Å². The summed E-state index contributed by atoms with van der Waals surface area (Å²) in [5.74, 6) is 2.09. The van der Waals surface area contributed by atoms with Gasteiger partial charge in [-0.15, -0.1) is 10.2 Å². The second-order valence-electron chi connectivity index (χ2n) is 5.71. The lowest BCUT2D eigenvalue weighted by molar-refractivity contribution is -0.137. The zero-order valence-electron chi connectivity index (χ0n) is 14.0. The van der Waals surface area contributed by atoms with Crippen LogP contribution < -0.4 is 5.32 Å². The Morgan fingerprint density at radius 2 is 1.88 bits per heavy atom. The molecule has 1 aromatic carbocycles. The fraction of sp³-hybridized carbons (Fsp3) is 0.312. The molecule has 3 rings (SSSR count). The quantitative estimate of drug-likeness (QED) is 0.785. The van der Waals surface area contributed by atoms with Crippen LogP contribution in [-0.2, 0) is 19.8 Å². The van der Waals surface area contributed by atoms with Crippen molar-refractivity contribution < 1.29 is 13.2 Å². The summed E-state index contributed by atoms with van der Waals surface area (Å²) < 4.78 is 42.0. The first-order chi connectivity index (χ1) is 11.8. The van der Waals surface area contributed by atoms with E-state index in [9.17, 15) is 13.2 Å². The summed E-state index contributed by atoms with van der Waals surface area (Å²) in [5.41, 5.74) is 0.370. The molecule has 2 aromatic heterocycles. The van der Waals surface area contributed by atoms with Gasteiger partial charge in [-0.3, -0.25) is 0 Å². The Morgan fingerprint density at radius 1 is 1.12 bits per heavy atom. The molecule has 0 unspecified atom stereocenters. The Morgan fingerprint density at radius 3 is 2.52 bits per heavy atom. The van der Waals surface area contributed by atoms with Gasteiger partial charge in [0.2, 0.25) is 0 Å². The van der Waals surface area contributed by atoms with Crippen molar-refractivity contribution in [1.82, 2.24) is 24.5 Å². The van der Waals surface area contributed by atoms with Gasteiger partial charge in [0.1, 0.15) is 11.6 Å². The van der Waals surface area contributed by atoms with Gasteiger partial charge < -0.3 is 9.88 Å². The summed E-state index contributed by atoms with van der Waals surface area (Å²) in [6.07, 6.45) is -4.39. The normalized spacial score (nSPS) is 11.8. The largest absolute Gasteiger partial charge is 0.416 e. The molecule has 0 spiro atoms. The third kappa shape index (κ3) is 3.49. The van der Waals surface area contributed by atoms with E-state index in [2.05, 4.69) is 20.6 Å². The van der Waals surface area contributed by atoms with Crippen molar-refractivity contribution in [1.29, 1.82) is 0 Å². The second-order valence-corrected chi connectivity index (χ2v) is 5.71. The smallest absolute Gasteiger partial charge is 0.361 e. The van der Waals surface area contributed by atoms with E-state index < -0.39 is 11.7 Å². The number of nitrogens with one attached hydrogen (secondary N) is 1. The van der Waals surface area contributed by atoms with Crippen LogP contribution in [0.1, 0.15) is 22.9 Å². The third-order valence-electron chi connectivity index (χ3n) is 3.92. The van der Waals surface area contributed by atoms with Gasteiger partial charge in [-0.1, -0.05) is 6.07 Å². The lowest BCUT2D eigenvalue weighted by Crippen LogP contribution is -2.08. The zero-order chi connectivity index (χ0) is 18.2. The molecule has 0 bridgehead atoms. The van der Waals surface area contributed by atoms with E-state index in [1.807, 2.05) is 18.5 Å². The monoisotopic (exact) mass is 350 g/mol. The topological polar surface area (TPSA) is 60.6 Å². The molecular formula is C16H17F3N6. The van der Waals surface area contributed by atoms with Crippen LogP contribution in [0, 0.1) is 13.8 Å². The summed E-state index contributed by atoms with van der Waals surface area (Å²) in [4.78, 5) is 0. The molecule has 132 valence electrons. The summed E-state index contributed by atoms with van der Waals surface area (Å²) >= 11 is 0.